The minimum Gasteiger partial charge on any atom is -0.467 e. The van der Waals surface area contributed by atoms with Crippen molar-refractivity contribution in [3.05, 3.63) is 59.5 Å². The normalized spacial score (nSPS) is 18.9. The monoisotopic (exact) mass is 341 g/mol. The Labute approximate surface area is 147 Å². The van der Waals surface area contributed by atoms with Crippen LogP contribution < -0.4 is 16.0 Å². The van der Waals surface area contributed by atoms with Gasteiger partial charge < -0.3 is 20.4 Å². The highest BCUT2D eigenvalue weighted by molar-refractivity contribution is 5.94. The van der Waals surface area contributed by atoms with E-state index >= 15 is 0 Å². The lowest BCUT2D eigenvalue weighted by molar-refractivity contribution is 0.0948. The van der Waals surface area contributed by atoms with Gasteiger partial charge in [0, 0.05) is 18.2 Å². The Morgan fingerprint density at radius 1 is 1.12 bits per heavy atom. The molecule has 132 valence electrons. The van der Waals surface area contributed by atoms with Crippen LogP contribution in [0.4, 0.5) is 4.79 Å². The number of rotatable bonds is 6. The van der Waals surface area contributed by atoms with Crippen molar-refractivity contribution in [2.75, 3.05) is 0 Å². The van der Waals surface area contributed by atoms with Crippen molar-refractivity contribution in [1.82, 2.24) is 16.0 Å². The van der Waals surface area contributed by atoms with Crippen LogP contribution in [-0.4, -0.2) is 18.0 Å². The topological polar surface area (TPSA) is 83.4 Å². The Balaban J connectivity index is 1.47. The van der Waals surface area contributed by atoms with Gasteiger partial charge in [-0.15, -0.1) is 0 Å². The molecule has 0 saturated heterocycles. The van der Waals surface area contributed by atoms with E-state index in [0.717, 1.165) is 18.4 Å². The fraction of sp³-hybridized carbons (Fsp3) is 0.368. The SMILES string of the molecule is CC1CC(NC(=O)NCc2cccc(C(=O)NCc3ccco3)c2)C1. The van der Waals surface area contributed by atoms with Gasteiger partial charge in [0.05, 0.1) is 12.8 Å². The molecule has 3 N–H and O–H groups in total. The van der Waals surface area contributed by atoms with E-state index in [-0.39, 0.29) is 18.0 Å². The zero-order valence-electron chi connectivity index (χ0n) is 14.2. The third kappa shape index (κ3) is 4.86. The maximum atomic E-state index is 12.2. The lowest BCUT2D eigenvalue weighted by atomic mass is 9.82. The highest BCUT2D eigenvalue weighted by Crippen LogP contribution is 2.25. The standard InChI is InChI=1S/C19H23N3O3/c1-13-8-16(9-13)22-19(24)21-11-14-4-2-5-15(10-14)18(23)20-12-17-6-3-7-25-17/h2-7,10,13,16H,8-9,11-12H2,1H3,(H,20,23)(H2,21,22,24). The summed E-state index contributed by atoms with van der Waals surface area (Å²) in [5, 5.41) is 8.59. The van der Waals surface area contributed by atoms with E-state index in [2.05, 4.69) is 22.9 Å². The minimum absolute atomic E-state index is 0.162. The van der Waals surface area contributed by atoms with Crippen molar-refractivity contribution in [1.29, 1.82) is 0 Å². The molecule has 2 aromatic rings. The molecule has 6 nitrogen and oxygen atoms in total. The van der Waals surface area contributed by atoms with Crippen LogP contribution in [0.5, 0.6) is 0 Å². The molecule has 25 heavy (non-hydrogen) atoms. The van der Waals surface area contributed by atoms with E-state index in [1.807, 2.05) is 18.2 Å². The van der Waals surface area contributed by atoms with E-state index in [9.17, 15) is 9.59 Å². The van der Waals surface area contributed by atoms with Gasteiger partial charge in [0.2, 0.25) is 0 Å². The minimum atomic E-state index is -0.175. The molecule has 1 aliphatic rings. The summed E-state index contributed by atoms with van der Waals surface area (Å²) in [6.07, 6.45) is 3.65. The molecular weight excluding hydrogens is 318 g/mol. The maximum Gasteiger partial charge on any atom is 0.315 e. The molecule has 0 spiro atoms. The van der Waals surface area contributed by atoms with Gasteiger partial charge >= 0.3 is 6.03 Å². The van der Waals surface area contributed by atoms with Gasteiger partial charge in [0.25, 0.3) is 5.91 Å². The predicted molar refractivity (Wildman–Crippen MR) is 93.9 cm³/mol. The fourth-order valence-electron chi connectivity index (χ4n) is 2.94. The number of benzene rings is 1. The third-order valence-corrected chi connectivity index (χ3v) is 4.35. The summed E-state index contributed by atoms with van der Waals surface area (Å²) in [5.74, 6) is 1.22. The number of hydrogen-bond donors (Lipinski definition) is 3. The third-order valence-electron chi connectivity index (χ3n) is 4.35. The zero-order chi connectivity index (χ0) is 17.6. The first-order chi connectivity index (χ1) is 12.1. The van der Waals surface area contributed by atoms with Crippen LogP contribution in [0.15, 0.2) is 47.1 Å². The molecule has 6 heteroatoms. The van der Waals surface area contributed by atoms with Gasteiger partial charge in [0.15, 0.2) is 0 Å². The smallest absolute Gasteiger partial charge is 0.315 e. The number of nitrogens with one attached hydrogen (secondary N) is 3. The zero-order valence-corrected chi connectivity index (χ0v) is 14.2. The van der Waals surface area contributed by atoms with E-state index in [4.69, 9.17) is 4.42 Å². The van der Waals surface area contributed by atoms with Gasteiger partial charge in [-0.05, 0) is 48.6 Å². The number of furan rings is 1. The van der Waals surface area contributed by atoms with E-state index in [1.165, 1.54) is 0 Å². The van der Waals surface area contributed by atoms with Gasteiger partial charge in [-0.3, -0.25) is 4.79 Å². The van der Waals surface area contributed by atoms with Crippen molar-refractivity contribution in [3.63, 3.8) is 0 Å². The summed E-state index contributed by atoms with van der Waals surface area (Å²) in [6.45, 7) is 2.91. The Hall–Kier alpha value is -2.76. The van der Waals surface area contributed by atoms with Crippen LogP contribution in [-0.2, 0) is 13.1 Å². The van der Waals surface area contributed by atoms with E-state index in [0.29, 0.717) is 30.3 Å². The predicted octanol–water partition coefficient (Wildman–Crippen LogP) is 2.81. The average Bonchev–Trinajstić information content (AvgIpc) is 3.10. The number of amides is 3. The molecule has 0 atom stereocenters. The maximum absolute atomic E-state index is 12.2. The van der Waals surface area contributed by atoms with Crippen molar-refractivity contribution >= 4 is 11.9 Å². The van der Waals surface area contributed by atoms with Crippen LogP contribution >= 0.6 is 0 Å². The van der Waals surface area contributed by atoms with Gasteiger partial charge in [-0.1, -0.05) is 19.1 Å². The average molecular weight is 341 g/mol. The Bertz CT molecular complexity index is 721. The molecule has 0 radical (unpaired) electrons. The molecule has 1 heterocycles. The second-order valence-corrected chi connectivity index (χ2v) is 6.56. The molecule has 3 amide bonds. The van der Waals surface area contributed by atoms with E-state index < -0.39 is 0 Å². The molecule has 0 bridgehead atoms. The second kappa shape index (κ2) is 7.88. The molecular formula is C19H23N3O3. The molecule has 1 fully saturated rings. The van der Waals surface area contributed by atoms with Gasteiger partial charge in [-0.25, -0.2) is 4.79 Å². The largest absolute Gasteiger partial charge is 0.467 e. The molecule has 1 saturated carbocycles. The van der Waals surface area contributed by atoms with Crippen molar-refractivity contribution in [2.24, 2.45) is 5.92 Å². The summed E-state index contributed by atoms with van der Waals surface area (Å²) >= 11 is 0. The van der Waals surface area contributed by atoms with Crippen molar-refractivity contribution < 1.29 is 14.0 Å². The molecule has 1 aliphatic carbocycles. The number of carbonyl (C=O) groups excluding carboxylic acids is 2. The first kappa shape index (κ1) is 17.1. The molecule has 0 aliphatic heterocycles. The summed E-state index contributed by atoms with van der Waals surface area (Å²) in [5.41, 5.74) is 1.43. The summed E-state index contributed by atoms with van der Waals surface area (Å²) in [6, 6.07) is 10.9. The molecule has 3 rings (SSSR count). The van der Waals surface area contributed by atoms with Gasteiger partial charge in [0.1, 0.15) is 5.76 Å². The summed E-state index contributed by atoms with van der Waals surface area (Å²) in [7, 11) is 0. The first-order valence-electron chi connectivity index (χ1n) is 8.54. The van der Waals surface area contributed by atoms with Crippen LogP contribution in [0.3, 0.4) is 0 Å². The van der Waals surface area contributed by atoms with Gasteiger partial charge in [-0.2, -0.15) is 0 Å². The Morgan fingerprint density at radius 3 is 2.68 bits per heavy atom. The molecule has 0 unspecified atom stereocenters. The van der Waals surface area contributed by atoms with Crippen molar-refractivity contribution in [3.8, 4) is 0 Å². The first-order valence-corrected chi connectivity index (χ1v) is 8.54. The van der Waals surface area contributed by atoms with E-state index in [1.54, 1.807) is 24.5 Å². The number of carbonyl (C=O) groups is 2. The summed E-state index contributed by atoms with van der Waals surface area (Å²) < 4.78 is 5.19. The second-order valence-electron chi connectivity index (χ2n) is 6.56. The Kier molecular flexibility index (Phi) is 5.38. The van der Waals surface area contributed by atoms with Crippen molar-refractivity contribution in [2.45, 2.75) is 38.9 Å². The molecule has 1 aromatic heterocycles. The fourth-order valence-corrected chi connectivity index (χ4v) is 2.94. The highest BCUT2D eigenvalue weighted by atomic mass is 16.3. The molecule has 1 aromatic carbocycles. The number of urea groups is 1. The Morgan fingerprint density at radius 2 is 1.96 bits per heavy atom. The number of hydrogen-bond acceptors (Lipinski definition) is 3. The lowest BCUT2D eigenvalue weighted by Crippen LogP contribution is -2.47. The van der Waals surface area contributed by atoms with Crippen LogP contribution in [0.2, 0.25) is 0 Å². The van der Waals surface area contributed by atoms with Crippen LogP contribution in [0.25, 0.3) is 0 Å². The lowest BCUT2D eigenvalue weighted by Gasteiger charge is -2.33. The van der Waals surface area contributed by atoms with Crippen LogP contribution in [0.1, 0.15) is 41.4 Å². The quantitative estimate of drug-likeness (QED) is 0.755. The summed E-state index contributed by atoms with van der Waals surface area (Å²) in [4.78, 5) is 24.1. The van der Waals surface area contributed by atoms with Crippen LogP contribution in [0, 0.1) is 5.92 Å². The highest BCUT2D eigenvalue weighted by Gasteiger charge is 2.26.